The second-order valence-electron chi connectivity index (χ2n) is 5.56. The van der Waals surface area contributed by atoms with Crippen LogP contribution in [0.15, 0.2) is 76.3 Å². The Bertz CT molecular complexity index is 881. The largest absolute Gasteiger partial charge is 0.459 e. The third kappa shape index (κ3) is 3.46. The number of aryl methyl sites for hydroxylation is 1. The smallest absolute Gasteiger partial charge is 0.287 e. The van der Waals surface area contributed by atoms with Gasteiger partial charge >= 0.3 is 0 Å². The molecule has 24 heavy (non-hydrogen) atoms. The molecule has 3 rings (SSSR count). The Morgan fingerprint density at radius 1 is 1.12 bits per heavy atom. The molecule has 0 spiro atoms. The summed E-state index contributed by atoms with van der Waals surface area (Å²) in [6, 6.07) is 16.0. The summed E-state index contributed by atoms with van der Waals surface area (Å²) in [6.07, 6.45) is 3.20. The summed E-state index contributed by atoms with van der Waals surface area (Å²) in [6.45, 7) is 2.16. The minimum absolute atomic E-state index is 0.109. The number of rotatable bonds is 5. The molecule has 0 bridgehead atoms. The van der Waals surface area contributed by atoms with Crippen molar-refractivity contribution in [3.05, 3.63) is 94.3 Å². The Morgan fingerprint density at radius 3 is 2.54 bits per heavy atom. The van der Waals surface area contributed by atoms with E-state index in [4.69, 9.17) is 4.42 Å². The van der Waals surface area contributed by atoms with E-state index in [9.17, 15) is 9.59 Å². The first kappa shape index (κ1) is 15.8. The van der Waals surface area contributed by atoms with Crippen LogP contribution in [0.2, 0.25) is 0 Å². The van der Waals surface area contributed by atoms with E-state index in [1.165, 1.54) is 12.3 Å². The van der Waals surface area contributed by atoms with Crippen molar-refractivity contribution < 1.29 is 9.21 Å². The van der Waals surface area contributed by atoms with Crippen molar-refractivity contribution in [3.63, 3.8) is 0 Å². The van der Waals surface area contributed by atoms with Gasteiger partial charge in [0.15, 0.2) is 5.76 Å². The van der Waals surface area contributed by atoms with Crippen LogP contribution in [0.3, 0.4) is 0 Å². The molecular formula is C19H18N2O3. The molecule has 1 aromatic carbocycles. The third-order valence-corrected chi connectivity index (χ3v) is 3.85. The predicted molar refractivity (Wildman–Crippen MR) is 90.8 cm³/mol. The maximum atomic E-state index is 12.5. The third-order valence-electron chi connectivity index (χ3n) is 3.85. The van der Waals surface area contributed by atoms with Gasteiger partial charge in [-0.2, -0.15) is 0 Å². The molecule has 0 fully saturated rings. The van der Waals surface area contributed by atoms with E-state index in [2.05, 4.69) is 5.32 Å². The highest BCUT2D eigenvalue weighted by molar-refractivity contribution is 5.93. The van der Waals surface area contributed by atoms with Gasteiger partial charge in [-0.3, -0.25) is 9.59 Å². The van der Waals surface area contributed by atoms with Crippen molar-refractivity contribution in [1.29, 1.82) is 0 Å². The molecule has 5 nitrogen and oxygen atoms in total. The van der Waals surface area contributed by atoms with Crippen molar-refractivity contribution >= 4 is 5.91 Å². The van der Waals surface area contributed by atoms with Crippen LogP contribution in [0.5, 0.6) is 0 Å². The van der Waals surface area contributed by atoms with E-state index in [0.717, 1.165) is 11.1 Å². The first-order valence-electron chi connectivity index (χ1n) is 7.70. The van der Waals surface area contributed by atoms with Gasteiger partial charge in [0, 0.05) is 17.8 Å². The Morgan fingerprint density at radius 2 is 1.88 bits per heavy atom. The molecule has 122 valence electrons. The highest BCUT2D eigenvalue weighted by Crippen LogP contribution is 2.17. The number of pyridine rings is 1. The summed E-state index contributed by atoms with van der Waals surface area (Å²) in [5, 5.41) is 2.96. The highest BCUT2D eigenvalue weighted by Gasteiger charge is 2.19. The van der Waals surface area contributed by atoms with Crippen molar-refractivity contribution in [2.75, 3.05) is 0 Å². The van der Waals surface area contributed by atoms with Gasteiger partial charge in [-0.05, 0) is 24.6 Å². The molecule has 1 amide bonds. The lowest BCUT2D eigenvalue weighted by atomic mass is 10.1. The molecule has 0 saturated heterocycles. The fraction of sp³-hybridized carbons (Fsp3) is 0.158. The van der Waals surface area contributed by atoms with Gasteiger partial charge in [0.2, 0.25) is 0 Å². The van der Waals surface area contributed by atoms with Gasteiger partial charge in [0.1, 0.15) is 0 Å². The Kier molecular flexibility index (Phi) is 4.61. The summed E-state index contributed by atoms with van der Waals surface area (Å²) in [5.74, 6) is -0.00771. The summed E-state index contributed by atoms with van der Waals surface area (Å²) < 4.78 is 6.83. The van der Waals surface area contributed by atoms with Gasteiger partial charge in [0.25, 0.3) is 11.5 Å². The fourth-order valence-electron chi connectivity index (χ4n) is 2.56. The summed E-state index contributed by atoms with van der Waals surface area (Å²) in [4.78, 5) is 24.5. The number of hydrogen-bond acceptors (Lipinski definition) is 3. The standard InChI is InChI=1S/C19H18N2O3/c1-14-10-12-24-18(14)19(23)20-16(15-7-3-2-4-8-15)13-21-11-6-5-9-17(21)22/h2-12,16H,13H2,1H3,(H,20,23)/t16-/m0/s1. The molecular weight excluding hydrogens is 304 g/mol. The normalized spacial score (nSPS) is 11.9. The molecule has 1 N–H and O–H groups in total. The number of nitrogens with zero attached hydrogens (tertiary/aromatic N) is 1. The number of furan rings is 1. The lowest BCUT2D eigenvalue weighted by molar-refractivity contribution is 0.0903. The van der Waals surface area contributed by atoms with Crippen LogP contribution in [0.4, 0.5) is 0 Å². The minimum atomic E-state index is -0.344. The molecule has 5 heteroatoms. The first-order chi connectivity index (χ1) is 11.6. The van der Waals surface area contributed by atoms with E-state index in [-0.39, 0.29) is 23.3 Å². The molecule has 0 radical (unpaired) electrons. The molecule has 2 aromatic heterocycles. The fourth-order valence-corrected chi connectivity index (χ4v) is 2.56. The van der Waals surface area contributed by atoms with E-state index < -0.39 is 0 Å². The molecule has 0 saturated carbocycles. The van der Waals surface area contributed by atoms with Crippen LogP contribution >= 0.6 is 0 Å². The molecule has 0 aliphatic carbocycles. The van der Waals surface area contributed by atoms with Crippen LogP contribution in [0.1, 0.15) is 27.7 Å². The summed E-state index contributed by atoms with van der Waals surface area (Å²) >= 11 is 0. The second-order valence-corrected chi connectivity index (χ2v) is 5.56. The average Bonchev–Trinajstić information content (AvgIpc) is 3.03. The molecule has 2 heterocycles. The summed E-state index contributed by atoms with van der Waals surface area (Å²) in [5.41, 5.74) is 1.59. The monoisotopic (exact) mass is 322 g/mol. The quantitative estimate of drug-likeness (QED) is 0.785. The number of aromatic nitrogens is 1. The molecule has 3 aromatic rings. The van der Waals surface area contributed by atoms with Gasteiger partial charge in [-0.1, -0.05) is 36.4 Å². The van der Waals surface area contributed by atoms with E-state index >= 15 is 0 Å². The lowest BCUT2D eigenvalue weighted by Gasteiger charge is -2.20. The molecule has 0 aliphatic heterocycles. The van der Waals surface area contributed by atoms with Gasteiger partial charge in [-0.15, -0.1) is 0 Å². The summed E-state index contributed by atoms with van der Waals surface area (Å²) in [7, 11) is 0. The number of amides is 1. The van der Waals surface area contributed by atoms with Crippen molar-refractivity contribution in [3.8, 4) is 0 Å². The first-order valence-corrected chi connectivity index (χ1v) is 7.70. The van der Waals surface area contributed by atoms with Crippen LogP contribution in [-0.2, 0) is 6.54 Å². The van der Waals surface area contributed by atoms with Gasteiger partial charge in [-0.25, -0.2) is 0 Å². The number of hydrogen-bond donors (Lipinski definition) is 1. The zero-order valence-electron chi connectivity index (χ0n) is 13.3. The van der Waals surface area contributed by atoms with Crippen molar-refractivity contribution in [1.82, 2.24) is 9.88 Å². The zero-order valence-corrected chi connectivity index (χ0v) is 13.3. The van der Waals surface area contributed by atoms with Crippen molar-refractivity contribution in [2.24, 2.45) is 0 Å². The van der Waals surface area contributed by atoms with E-state index in [1.54, 1.807) is 29.0 Å². The Balaban J connectivity index is 1.88. The molecule has 0 unspecified atom stereocenters. The maximum absolute atomic E-state index is 12.5. The van der Waals surface area contributed by atoms with Crippen LogP contribution in [-0.4, -0.2) is 10.5 Å². The number of nitrogens with one attached hydrogen (secondary N) is 1. The maximum Gasteiger partial charge on any atom is 0.287 e. The lowest BCUT2D eigenvalue weighted by Crippen LogP contribution is -2.34. The number of benzene rings is 1. The minimum Gasteiger partial charge on any atom is -0.459 e. The Labute approximate surface area is 139 Å². The molecule has 1 atom stereocenters. The number of carbonyl (C=O) groups excluding carboxylic acids is 1. The van der Waals surface area contributed by atoms with Gasteiger partial charge < -0.3 is 14.3 Å². The highest BCUT2D eigenvalue weighted by atomic mass is 16.3. The van der Waals surface area contributed by atoms with Crippen LogP contribution in [0.25, 0.3) is 0 Å². The van der Waals surface area contributed by atoms with E-state index in [1.807, 2.05) is 37.3 Å². The Hall–Kier alpha value is -3.08. The predicted octanol–water partition coefficient (Wildman–Crippen LogP) is 2.92. The molecule has 0 aliphatic rings. The topological polar surface area (TPSA) is 64.2 Å². The SMILES string of the molecule is Cc1ccoc1C(=O)N[C@@H](Cn1ccccc1=O)c1ccccc1. The zero-order chi connectivity index (χ0) is 16.9. The average molecular weight is 322 g/mol. The van der Waals surface area contributed by atoms with Crippen LogP contribution in [0, 0.1) is 6.92 Å². The second kappa shape index (κ2) is 7.00. The van der Waals surface area contributed by atoms with E-state index in [0.29, 0.717) is 6.54 Å². The number of carbonyl (C=O) groups is 1. The van der Waals surface area contributed by atoms with Gasteiger partial charge in [0.05, 0.1) is 18.8 Å². The van der Waals surface area contributed by atoms with Crippen molar-refractivity contribution in [2.45, 2.75) is 19.5 Å². The van der Waals surface area contributed by atoms with Crippen LogP contribution < -0.4 is 10.9 Å².